The van der Waals surface area contributed by atoms with Gasteiger partial charge in [0, 0.05) is 31.8 Å². The summed E-state index contributed by atoms with van der Waals surface area (Å²) in [7, 11) is 0. The smallest absolute Gasteiger partial charge is 0.445 e. The van der Waals surface area contributed by atoms with Crippen LogP contribution in [0.1, 0.15) is 15.9 Å². The van der Waals surface area contributed by atoms with Crippen molar-refractivity contribution in [1.29, 1.82) is 0 Å². The number of aromatic nitrogens is 3. The number of hydrogen-bond donors (Lipinski definition) is 1. The molecule has 1 fully saturated rings. The SMILES string of the molecule is O=C(c1ccc2n[nH]nc2c1Cl)N1C=C2CN(C(=O)OCc3ccc(OC(F)(F)F)cc3)C[C@@H]2C1. The summed E-state index contributed by atoms with van der Waals surface area (Å²) in [4.78, 5) is 28.6. The lowest BCUT2D eigenvalue weighted by atomic mass is 10.1. The van der Waals surface area contributed by atoms with E-state index in [2.05, 4.69) is 20.1 Å². The summed E-state index contributed by atoms with van der Waals surface area (Å²) >= 11 is 6.35. The van der Waals surface area contributed by atoms with Gasteiger partial charge in [-0.05, 0) is 35.4 Å². The van der Waals surface area contributed by atoms with Crippen LogP contribution < -0.4 is 4.74 Å². The quantitative estimate of drug-likeness (QED) is 0.570. The molecule has 13 heteroatoms. The minimum atomic E-state index is -4.77. The number of fused-ring (bicyclic) bond motifs is 2. The van der Waals surface area contributed by atoms with E-state index < -0.39 is 12.5 Å². The van der Waals surface area contributed by atoms with Crippen molar-refractivity contribution in [3.8, 4) is 5.75 Å². The van der Waals surface area contributed by atoms with Gasteiger partial charge in [0.05, 0.1) is 10.6 Å². The van der Waals surface area contributed by atoms with Crippen LogP contribution >= 0.6 is 11.6 Å². The number of ether oxygens (including phenoxy) is 2. The number of carbonyl (C=O) groups is 2. The van der Waals surface area contributed by atoms with Crippen LogP contribution in [0.25, 0.3) is 11.0 Å². The molecule has 2 aliphatic heterocycles. The van der Waals surface area contributed by atoms with E-state index >= 15 is 0 Å². The number of benzene rings is 2. The third-order valence-corrected chi connectivity index (χ3v) is 6.16. The second-order valence-corrected chi connectivity index (χ2v) is 8.48. The van der Waals surface area contributed by atoms with Crippen molar-refractivity contribution in [2.75, 3.05) is 19.6 Å². The average Bonchev–Trinajstić information content (AvgIpc) is 3.52. The van der Waals surface area contributed by atoms with Crippen LogP contribution in [0.2, 0.25) is 5.02 Å². The van der Waals surface area contributed by atoms with Gasteiger partial charge in [-0.2, -0.15) is 15.4 Å². The number of carbonyl (C=O) groups excluding carboxylic acids is 2. The molecule has 0 aliphatic carbocycles. The van der Waals surface area contributed by atoms with E-state index in [9.17, 15) is 22.8 Å². The molecule has 0 spiro atoms. The topological polar surface area (TPSA) is 101 Å². The first-order valence-corrected chi connectivity index (χ1v) is 10.8. The monoisotopic (exact) mass is 507 g/mol. The van der Waals surface area contributed by atoms with E-state index in [1.165, 1.54) is 17.0 Å². The van der Waals surface area contributed by atoms with E-state index in [1.807, 2.05) is 0 Å². The van der Waals surface area contributed by atoms with Gasteiger partial charge in [-0.25, -0.2) is 4.79 Å². The van der Waals surface area contributed by atoms with Crippen molar-refractivity contribution in [2.45, 2.75) is 13.0 Å². The summed E-state index contributed by atoms with van der Waals surface area (Å²) in [6, 6.07) is 8.35. The maximum Gasteiger partial charge on any atom is 0.573 e. The Hall–Kier alpha value is -3.80. The van der Waals surface area contributed by atoms with Crippen molar-refractivity contribution in [3.05, 3.63) is 64.3 Å². The zero-order valence-electron chi connectivity index (χ0n) is 17.9. The highest BCUT2D eigenvalue weighted by atomic mass is 35.5. The van der Waals surface area contributed by atoms with Crippen molar-refractivity contribution in [3.63, 3.8) is 0 Å². The molecule has 2 amide bonds. The number of nitrogens with zero attached hydrogens (tertiary/aromatic N) is 4. The Balaban J connectivity index is 1.17. The molecule has 5 rings (SSSR count). The van der Waals surface area contributed by atoms with Gasteiger partial charge in [-0.1, -0.05) is 23.7 Å². The highest BCUT2D eigenvalue weighted by Crippen LogP contribution is 2.33. The van der Waals surface area contributed by atoms with E-state index in [-0.39, 0.29) is 29.2 Å². The second kappa shape index (κ2) is 8.77. The Kier molecular flexibility index (Phi) is 5.75. The second-order valence-electron chi connectivity index (χ2n) is 8.10. The summed E-state index contributed by atoms with van der Waals surface area (Å²) in [5.74, 6) is -0.651. The normalized spacial score (nSPS) is 17.5. The molecule has 3 aromatic rings. The number of nitrogens with one attached hydrogen (secondary N) is 1. The van der Waals surface area contributed by atoms with E-state index in [0.29, 0.717) is 41.8 Å². The predicted octanol–water partition coefficient (Wildman–Crippen LogP) is 4.12. The predicted molar refractivity (Wildman–Crippen MR) is 116 cm³/mol. The molecule has 3 heterocycles. The van der Waals surface area contributed by atoms with Crippen molar-refractivity contribution in [1.82, 2.24) is 25.2 Å². The lowest BCUT2D eigenvalue weighted by Gasteiger charge is -2.20. The molecule has 1 aromatic heterocycles. The molecule has 1 N–H and O–H groups in total. The summed E-state index contributed by atoms with van der Waals surface area (Å²) in [6.07, 6.45) is -3.59. The maximum absolute atomic E-state index is 13.0. The summed E-state index contributed by atoms with van der Waals surface area (Å²) in [5.41, 5.74) is 2.73. The van der Waals surface area contributed by atoms with Gasteiger partial charge in [0.2, 0.25) is 0 Å². The molecule has 1 atom stereocenters. The Morgan fingerprint density at radius 2 is 1.89 bits per heavy atom. The van der Waals surface area contributed by atoms with Gasteiger partial charge in [0.25, 0.3) is 5.91 Å². The number of amides is 2. The highest BCUT2D eigenvalue weighted by Gasteiger charge is 2.38. The zero-order valence-corrected chi connectivity index (χ0v) is 18.6. The van der Waals surface area contributed by atoms with Gasteiger partial charge in [-0.3, -0.25) is 4.79 Å². The minimum Gasteiger partial charge on any atom is -0.445 e. The van der Waals surface area contributed by atoms with Crippen molar-refractivity contribution < 1.29 is 32.2 Å². The third kappa shape index (κ3) is 4.74. The Bertz CT molecular complexity index is 1320. The first kappa shape index (κ1) is 23.0. The molecule has 35 heavy (non-hydrogen) atoms. The van der Waals surface area contributed by atoms with Gasteiger partial charge in [-0.15, -0.1) is 13.2 Å². The first-order valence-electron chi connectivity index (χ1n) is 10.4. The first-order chi connectivity index (χ1) is 16.7. The molecule has 0 bridgehead atoms. The molecule has 1 saturated heterocycles. The molecule has 0 unspecified atom stereocenters. The van der Waals surface area contributed by atoms with Gasteiger partial charge in [0.15, 0.2) is 0 Å². The largest absolute Gasteiger partial charge is 0.573 e. The van der Waals surface area contributed by atoms with Crippen LogP contribution in [-0.4, -0.2) is 63.2 Å². The average molecular weight is 508 g/mol. The van der Waals surface area contributed by atoms with E-state index in [4.69, 9.17) is 16.3 Å². The number of rotatable bonds is 4. The van der Waals surface area contributed by atoms with E-state index in [0.717, 1.165) is 17.7 Å². The number of alkyl halides is 3. The van der Waals surface area contributed by atoms with Crippen LogP contribution in [0, 0.1) is 5.92 Å². The molecule has 2 aliphatic rings. The summed E-state index contributed by atoms with van der Waals surface area (Å²) in [6.45, 7) is 0.981. The van der Waals surface area contributed by atoms with Crippen molar-refractivity contribution >= 4 is 34.6 Å². The van der Waals surface area contributed by atoms with Crippen LogP contribution in [0.15, 0.2) is 48.2 Å². The molecule has 0 saturated carbocycles. The number of H-pyrrole nitrogens is 1. The van der Waals surface area contributed by atoms with E-state index in [1.54, 1.807) is 23.2 Å². The zero-order chi connectivity index (χ0) is 24.7. The van der Waals surface area contributed by atoms with Crippen LogP contribution in [0.4, 0.5) is 18.0 Å². The summed E-state index contributed by atoms with van der Waals surface area (Å²) in [5, 5.41) is 10.6. The molecular weight excluding hydrogens is 491 g/mol. The van der Waals surface area contributed by atoms with Crippen LogP contribution in [-0.2, 0) is 11.3 Å². The lowest BCUT2D eigenvalue weighted by molar-refractivity contribution is -0.274. The fourth-order valence-corrected chi connectivity index (χ4v) is 4.40. The number of likely N-dealkylation sites (tertiary alicyclic amines) is 1. The highest BCUT2D eigenvalue weighted by molar-refractivity contribution is 6.38. The third-order valence-electron chi connectivity index (χ3n) is 5.77. The Morgan fingerprint density at radius 1 is 1.11 bits per heavy atom. The molecule has 2 aromatic carbocycles. The van der Waals surface area contributed by atoms with Gasteiger partial charge >= 0.3 is 12.5 Å². The molecule has 182 valence electrons. The van der Waals surface area contributed by atoms with Gasteiger partial charge in [0.1, 0.15) is 23.4 Å². The van der Waals surface area contributed by atoms with Crippen LogP contribution in [0.3, 0.4) is 0 Å². The Morgan fingerprint density at radius 3 is 2.60 bits per heavy atom. The number of aromatic amines is 1. The summed E-state index contributed by atoms with van der Waals surface area (Å²) < 4.78 is 45.9. The fraction of sp³-hybridized carbons (Fsp3) is 0.273. The van der Waals surface area contributed by atoms with Crippen molar-refractivity contribution in [2.24, 2.45) is 5.92 Å². The van der Waals surface area contributed by atoms with Crippen LogP contribution in [0.5, 0.6) is 5.75 Å². The standard InChI is InChI=1S/C22H17ClF3N5O4/c23-18-16(5-6-17-19(18)28-29-27-17)20(32)30-7-13-9-31(10-14(13)8-30)21(33)34-11-12-1-3-15(4-2-12)35-22(24,25)26/h1-7,14H,8-11H2,(H,27,28,29)/t14-/m0/s1. The number of halogens is 4. The molecular formula is C22H17ClF3N5O4. The maximum atomic E-state index is 13.0. The molecule has 9 nitrogen and oxygen atoms in total. The minimum absolute atomic E-state index is 0.0279. The lowest BCUT2D eigenvalue weighted by Crippen LogP contribution is -2.33. The van der Waals surface area contributed by atoms with Gasteiger partial charge < -0.3 is 19.3 Å². The molecule has 0 radical (unpaired) electrons. The fourth-order valence-electron chi connectivity index (χ4n) is 4.11. The Labute approximate surface area is 201 Å². The number of hydrogen-bond acceptors (Lipinski definition) is 6.